The number of hydrogen-bond donors (Lipinski definition) is 1. The molecule has 88 valence electrons. The highest BCUT2D eigenvalue weighted by atomic mass is 16.5. The van der Waals surface area contributed by atoms with Crippen molar-refractivity contribution >= 4 is 5.71 Å². The number of hydrogen-bond acceptors (Lipinski definition) is 5. The minimum atomic E-state index is 0.442. The second-order valence-electron chi connectivity index (χ2n) is 3.07. The second-order valence-corrected chi connectivity index (χ2v) is 3.07. The van der Waals surface area contributed by atoms with E-state index in [0.717, 1.165) is 0 Å². The van der Waals surface area contributed by atoms with E-state index in [1.807, 2.05) is 0 Å². The lowest BCUT2D eigenvalue weighted by molar-refractivity contribution is 0.316. The average Bonchev–Trinajstić information content (AvgIpc) is 2.35. The molecular formula is C11H15NO4. The third kappa shape index (κ3) is 2.03. The van der Waals surface area contributed by atoms with E-state index in [-0.39, 0.29) is 0 Å². The van der Waals surface area contributed by atoms with Crippen molar-refractivity contribution in [3.63, 3.8) is 0 Å². The topological polar surface area (TPSA) is 60.3 Å². The summed E-state index contributed by atoms with van der Waals surface area (Å²) in [5.74, 6) is 1.52. The van der Waals surface area contributed by atoms with Crippen molar-refractivity contribution in [2.24, 2.45) is 5.16 Å². The van der Waals surface area contributed by atoms with Crippen LogP contribution in [0, 0.1) is 0 Å². The van der Waals surface area contributed by atoms with Crippen molar-refractivity contribution in [3.05, 3.63) is 17.7 Å². The van der Waals surface area contributed by atoms with Crippen LogP contribution in [0.5, 0.6) is 17.2 Å². The van der Waals surface area contributed by atoms with Crippen LogP contribution < -0.4 is 14.2 Å². The fourth-order valence-electron chi connectivity index (χ4n) is 1.44. The lowest BCUT2D eigenvalue weighted by Gasteiger charge is -2.14. The molecule has 0 amide bonds. The molecule has 0 atom stereocenters. The van der Waals surface area contributed by atoms with Gasteiger partial charge in [-0.3, -0.25) is 0 Å². The van der Waals surface area contributed by atoms with Crippen molar-refractivity contribution < 1.29 is 19.4 Å². The Kier molecular flexibility index (Phi) is 3.99. The maximum absolute atomic E-state index is 8.76. The lowest BCUT2D eigenvalue weighted by Crippen LogP contribution is -2.02. The first-order chi connectivity index (χ1) is 7.69. The van der Waals surface area contributed by atoms with Crippen LogP contribution in [0.4, 0.5) is 0 Å². The standard InChI is InChI=1S/C11H15NO4/c1-7(12-13)8-5-6-9(14-2)11(16-4)10(8)15-3/h5-6,13H,1-4H3/b12-7+. The molecule has 1 rings (SSSR count). The van der Waals surface area contributed by atoms with Gasteiger partial charge >= 0.3 is 0 Å². The van der Waals surface area contributed by atoms with E-state index in [1.54, 1.807) is 26.2 Å². The molecule has 5 nitrogen and oxygen atoms in total. The summed E-state index contributed by atoms with van der Waals surface area (Å²) in [7, 11) is 4.59. The minimum Gasteiger partial charge on any atom is -0.493 e. The number of ether oxygens (including phenoxy) is 3. The van der Waals surface area contributed by atoms with Crippen LogP contribution in [0.15, 0.2) is 17.3 Å². The summed E-state index contributed by atoms with van der Waals surface area (Å²) in [5.41, 5.74) is 1.10. The highest BCUT2D eigenvalue weighted by molar-refractivity contribution is 6.01. The molecule has 0 aromatic heterocycles. The zero-order valence-corrected chi connectivity index (χ0v) is 9.77. The van der Waals surface area contributed by atoms with Gasteiger partial charge in [0.05, 0.1) is 27.0 Å². The van der Waals surface area contributed by atoms with Crippen LogP contribution in [0.2, 0.25) is 0 Å². The molecular weight excluding hydrogens is 210 g/mol. The van der Waals surface area contributed by atoms with Gasteiger partial charge in [-0.15, -0.1) is 0 Å². The van der Waals surface area contributed by atoms with E-state index in [4.69, 9.17) is 19.4 Å². The average molecular weight is 225 g/mol. The van der Waals surface area contributed by atoms with Crippen LogP contribution in [0.3, 0.4) is 0 Å². The SMILES string of the molecule is COc1ccc(/C(C)=N/O)c(OC)c1OC. The van der Waals surface area contributed by atoms with Gasteiger partial charge in [0.1, 0.15) is 0 Å². The zero-order valence-electron chi connectivity index (χ0n) is 9.77. The Morgan fingerprint density at radius 3 is 2.12 bits per heavy atom. The normalized spacial score (nSPS) is 11.1. The molecule has 0 radical (unpaired) electrons. The summed E-state index contributed by atoms with van der Waals surface area (Å²) in [6.07, 6.45) is 0. The molecule has 0 aliphatic carbocycles. The Labute approximate surface area is 94.2 Å². The van der Waals surface area contributed by atoms with Crippen LogP contribution >= 0.6 is 0 Å². The number of nitrogens with zero attached hydrogens (tertiary/aromatic N) is 1. The highest BCUT2D eigenvalue weighted by Crippen LogP contribution is 2.39. The van der Waals surface area contributed by atoms with Gasteiger partial charge in [0.15, 0.2) is 11.5 Å². The van der Waals surface area contributed by atoms with E-state index in [1.165, 1.54) is 14.2 Å². The summed E-state index contributed by atoms with van der Waals surface area (Å²) in [6.45, 7) is 1.67. The smallest absolute Gasteiger partial charge is 0.203 e. The van der Waals surface area contributed by atoms with Crippen molar-refractivity contribution in [1.29, 1.82) is 0 Å². The van der Waals surface area contributed by atoms with E-state index < -0.39 is 0 Å². The second kappa shape index (κ2) is 5.25. The monoisotopic (exact) mass is 225 g/mol. The Hall–Kier alpha value is -1.91. The van der Waals surface area contributed by atoms with Gasteiger partial charge in [0.25, 0.3) is 0 Å². The summed E-state index contributed by atoms with van der Waals surface area (Å²) < 4.78 is 15.6. The molecule has 1 N–H and O–H groups in total. The van der Waals surface area contributed by atoms with Crippen molar-refractivity contribution in [1.82, 2.24) is 0 Å². The van der Waals surface area contributed by atoms with Crippen LogP contribution in [0.25, 0.3) is 0 Å². The first kappa shape index (κ1) is 12.2. The summed E-state index contributed by atoms with van der Waals surface area (Å²) in [5, 5.41) is 11.9. The fourth-order valence-corrected chi connectivity index (χ4v) is 1.44. The first-order valence-corrected chi connectivity index (χ1v) is 4.67. The molecule has 0 aliphatic rings. The van der Waals surface area contributed by atoms with Crippen LogP contribution in [-0.4, -0.2) is 32.2 Å². The largest absolute Gasteiger partial charge is 0.493 e. The summed E-state index contributed by atoms with van der Waals surface area (Å²) >= 11 is 0. The third-order valence-corrected chi connectivity index (χ3v) is 2.24. The van der Waals surface area contributed by atoms with Gasteiger partial charge in [-0.2, -0.15) is 0 Å². The van der Waals surface area contributed by atoms with Gasteiger partial charge in [0, 0.05) is 5.56 Å². The molecule has 0 saturated heterocycles. The van der Waals surface area contributed by atoms with E-state index in [0.29, 0.717) is 28.5 Å². The zero-order chi connectivity index (χ0) is 12.1. The predicted octanol–water partition coefficient (Wildman–Crippen LogP) is 1.91. The number of oxime groups is 1. The number of rotatable bonds is 4. The Balaban J connectivity index is 3.43. The summed E-state index contributed by atoms with van der Waals surface area (Å²) in [6, 6.07) is 3.47. The van der Waals surface area contributed by atoms with Crippen molar-refractivity contribution in [2.75, 3.05) is 21.3 Å². The maximum atomic E-state index is 8.76. The molecule has 0 saturated carbocycles. The molecule has 1 aromatic carbocycles. The van der Waals surface area contributed by atoms with Crippen molar-refractivity contribution in [3.8, 4) is 17.2 Å². The third-order valence-electron chi connectivity index (χ3n) is 2.24. The quantitative estimate of drug-likeness (QED) is 0.483. The van der Waals surface area contributed by atoms with Gasteiger partial charge in [-0.1, -0.05) is 5.16 Å². The maximum Gasteiger partial charge on any atom is 0.203 e. The molecule has 0 unspecified atom stereocenters. The molecule has 16 heavy (non-hydrogen) atoms. The van der Waals surface area contributed by atoms with E-state index in [9.17, 15) is 0 Å². The predicted molar refractivity (Wildman–Crippen MR) is 60.1 cm³/mol. The summed E-state index contributed by atoms with van der Waals surface area (Å²) in [4.78, 5) is 0. The highest BCUT2D eigenvalue weighted by Gasteiger charge is 2.17. The molecule has 0 heterocycles. The van der Waals surface area contributed by atoms with E-state index >= 15 is 0 Å². The van der Waals surface area contributed by atoms with Crippen LogP contribution in [-0.2, 0) is 0 Å². The molecule has 0 aliphatic heterocycles. The van der Waals surface area contributed by atoms with Gasteiger partial charge in [-0.05, 0) is 19.1 Å². The van der Waals surface area contributed by atoms with Crippen molar-refractivity contribution in [2.45, 2.75) is 6.92 Å². The molecule has 5 heteroatoms. The number of benzene rings is 1. The van der Waals surface area contributed by atoms with Crippen LogP contribution in [0.1, 0.15) is 12.5 Å². The lowest BCUT2D eigenvalue weighted by atomic mass is 10.1. The Morgan fingerprint density at radius 2 is 1.69 bits per heavy atom. The van der Waals surface area contributed by atoms with Gasteiger partial charge < -0.3 is 19.4 Å². The molecule has 0 bridgehead atoms. The fraction of sp³-hybridized carbons (Fsp3) is 0.364. The van der Waals surface area contributed by atoms with Gasteiger partial charge in [0.2, 0.25) is 5.75 Å². The molecule has 0 fully saturated rings. The number of methoxy groups -OCH3 is 3. The first-order valence-electron chi connectivity index (χ1n) is 4.67. The molecule has 0 spiro atoms. The minimum absolute atomic E-state index is 0.442. The van der Waals surface area contributed by atoms with Gasteiger partial charge in [-0.25, -0.2) is 0 Å². The molecule has 1 aromatic rings. The Morgan fingerprint density at radius 1 is 1.06 bits per heavy atom. The van der Waals surface area contributed by atoms with E-state index in [2.05, 4.69) is 5.16 Å². The Bertz CT molecular complexity index is 401.